The molecule has 1 aromatic carbocycles. The second-order valence-electron chi connectivity index (χ2n) is 3.50. The topological polar surface area (TPSA) is 102 Å². The molecule has 1 rings (SSSR count). The third-order valence-corrected chi connectivity index (χ3v) is 3.14. The van der Waals surface area contributed by atoms with Crippen molar-refractivity contribution in [1.82, 2.24) is 0 Å². The molecule has 0 spiro atoms. The maximum Gasteiger partial charge on any atom is 0.387 e. The fourth-order valence-corrected chi connectivity index (χ4v) is 2.17. The average Bonchev–Trinajstić information content (AvgIpc) is 2.28. The normalized spacial score (nSPS) is 11.2. The van der Waals surface area contributed by atoms with Crippen LogP contribution in [0.25, 0.3) is 0 Å². The van der Waals surface area contributed by atoms with Crippen LogP contribution < -0.4 is 14.2 Å². The molecule has 0 aliphatic heterocycles. The number of sulfonamides is 1. The van der Waals surface area contributed by atoms with Crippen molar-refractivity contribution in [2.75, 3.05) is 17.6 Å². The number of rotatable bonds is 7. The second kappa shape index (κ2) is 6.37. The highest BCUT2D eigenvalue weighted by atomic mass is 32.2. The lowest BCUT2D eigenvalue weighted by Crippen LogP contribution is -2.23. The van der Waals surface area contributed by atoms with E-state index in [-0.39, 0.29) is 11.4 Å². The van der Waals surface area contributed by atoms with E-state index in [0.717, 1.165) is 12.1 Å². The molecule has 112 valence electrons. The molecule has 0 saturated heterocycles. The van der Waals surface area contributed by atoms with Crippen LogP contribution in [-0.2, 0) is 14.8 Å². The Balaban J connectivity index is 3.10. The van der Waals surface area contributed by atoms with E-state index in [2.05, 4.69) is 4.74 Å². The highest BCUT2D eigenvalue weighted by Crippen LogP contribution is 2.31. The molecule has 0 fully saturated rings. The molecule has 0 unspecified atom stereocenters. The van der Waals surface area contributed by atoms with Crippen molar-refractivity contribution in [2.45, 2.75) is 6.61 Å². The number of carboxylic acids is 1. The van der Waals surface area contributed by atoms with E-state index in [4.69, 9.17) is 9.84 Å². The zero-order valence-electron chi connectivity index (χ0n) is 10.2. The summed E-state index contributed by atoms with van der Waals surface area (Å²) < 4.78 is 58.1. The van der Waals surface area contributed by atoms with Crippen molar-refractivity contribution in [3.63, 3.8) is 0 Å². The predicted molar refractivity (Wildman–Crippen MR) is 64.7 cm³/mol. The summed E-state index contributed by atoms with van der Waals surface area (Å²) in [4.78, 5) is 10.4. The van der Waals surface area contributed by atoms with Gasteiger partial charge in [0, 0.05) is 6.07 Å². The van der Waals surface area contributed by atoms with Gasteiger partial charge >= 0.3 is 12.6 Å². The van der Waals surface area contributed by atoms with Gasteiger partial charge in [0.15, 0.2) is 5.75 Å². The summed E-state index contributed by atoms with van der Waals surface area (Å²) >= 11 is 0. The Labute approximate surface area is 113 Å². The quantitative estimate of drug-likeness (QED) is 0.782. The SMILES string of the molecule is COc1ccc(OC(F)F)c(NS(=O)(=O)CC(=O)O)c1. The minimum absolute atomic E-state index is 0.180. The van der Waals surface area contributed by atoms with Crippen LogP contribution in [0, 0.1) is 0 Å². The molecule has 0 atom stereocenters. The first kappa shape index (κ1) is 16.0. The minimum atomic E-state index is -4.25. The summed E-state index contributed by atoms with van der Waals surface area (Å²) in [5.41, 5.74) is -0.342. The standard InChI is InChI=1S/C10H11F2NO6S/c1-18-6-2-3-8(19-10(11)12)7(4-6)13-20(16,17)5-9(14)15/h2-4,10,13H,5H2,1H3,(H,14,15). The highest BCUT2D eigenvalue weighted by molar-refractivity contribution is 7.93. The molecule has 0 amide bonds. The van der Waals surface area contributed by atoms with Gasteiger partial charge in [-0.15, -0.1) is 0 Å². The third-order valence-electron chi connectivity index (χ3n) is 1.98. The summed E-state index contributed by atoms with van der Waals surface area (Å²) in [6.07, 6.45) is 0. The Morgan fingerprint density at radius 2 is 2.10 bits per heavy atom. The predicted octanol–water partition coefficient (Wildman–Crippen LogP) is 1.12. The Kier molecular flexibility index (Phi) is 5.08. The summed E-state index contributed by atoms with van der Waals surface area (Å²) in [6, 6.07) is 3.45. The van der Waals surface area contributed by atoms with E-state index in [9.17, 15) is 22.0 Å². The van der Waals surface area contributed by atoms with Crippen molar-refractivity contribution in [1.29, 1.82) is 0 Å². The number of hydrogen-bond acceptors (Lipinski definition) is 5. The number of carbonyl (C=O) groups is 1. The summed E-state index contributed by atoms with van der Waals surface area (Å²) in [5.74, 6) is -3.07. The molecular formula is C10H11F2NO6S. The number of carboxylic acid groups (broad SMARTS) is 1. The largest absolute Gasteiger partial charge is 0.497 e. The summed E-state index contributed by atoms with van der Waals surface area (Å²) in [6.45, 7) is -3.16. The fraction of sp³-hybridized carbons (Fsp3) is 0.300. The van der Waals surface area contributed by atoms with Gasteiger partial charge in [0.1, 0.15) is 11.5 Å². The molecule has 7 nitrogen and oxygen atoms in total. The van der Waals surface area contributed by atoms with E-state index in [1.165, 1.54) is 13.2 Å². The molecule has 20 heavy (non-hydrogen) atoms. The number of benzene rings is 1. The maximum atomic E-state index is 12.2. The molecule has 0 heterocycles. The van der Waals surface area contributed by atoms with Gasteiger partial charge in [-0.05, 0) is 12.1 Å². The van der Waals surface area contributed by atoms with E-state index >= 15 is 0 Å². The maximum absolute atomic E-state index is 12.2. The molecule has 0 aliphatic rings. The fourth-order valence-electron chi connectivity index (χ4n) is 1.28. The lowest BCUT2D eigenvalue weighted by atomic mass is 10.3. The Morgan fingerprint density at radius 3 is 2.60 bits per heavy atom. The number of anilines is 1. The van der Waals surface area contributed by atoms with Gasteiger partial charge in [0.25, 0.3) is 0 Å². The Morgan fingerprint density at radius 1 is 1.45 bits per heavy atom. The first-order valence-corrected chi connectivity index (χ1v) is 6.74. The lowest BCUT2D eigenvalue weighted by molar-refractivity contribution is -0.134. The number of nitrogens with one attached hydrogen (secondary N) is 1. The molecule has 10 heteroatoms. The third kappa shape index (κ3) is 4.88. The first-order valence-electron chi connectivity index (χ1n) is 5.08. The average molecular weight is 311 g/mol. The molecular weight excluding hydrogens is 300 g/mol. The van der Waals surface area contributed by atoms with Crippen molar-refractivity contribution >= 4 is 21.7 Å². The zero-order valence-corrected chi connectivity index (χ0v) is 11.0. The van der Waals surface area contributed by atoms with E-state index < -0.39 is 34.1 Å². The summed E-state index contributed by atoms with van der Waals surface area (Å²) in [5, 5.41) is 8.45. The van der Waals surface area contributed by atoms with Crippen LogP contribution in [0.1, 0.15) is 0 Å². The highest BCUT2D eigenvalue weighted by Gasteiger charge is 2.19. The molecule has 1 aromatic rings. The van der Waals surface area contributed by atoms with Gasteiger partial charge < -0.3 is 14.6 Å². The zero-order chi connectivity index (χ0) is 15.3. The van der Waals surface area contributed by atoms with Crippen molar-refractivity contribution in [3.8, 4) is 11.5 Å². The number of methoxy groups -OCH3 is 1. The Hall–Kier alpha value is -2.10. The smallest absolute Gasteiger partial charge is 0.387 e. The van der Waals surface area contributed by atoms with Crippen LogP contribution in [0.2, 0.25) is 0 Å². The van der Waals surface area contributed by atoms with E-state index in [0.29, 0.717) is 0 Å². The van der Waals surface area contributed by atoms with Crippen LogP contribution in [0.3, 0.4) is 0 Å². The summed E-state index contributed by atoms with van der Waals surface area (Å²) in [7, 11) is -2.96. The van der Waals surface area contributed by atoms with Gasteiger partial charge in [-0.25, -0.2) is 8.42 Å². The molecule has 0 saturated carbocycles. The molecule has 0 radical (unpaired) electrons. The Bertz CT molecular complexity index is 589. The first-order chi connectivity index (χ1) is 9.23. The lowest BCUT2D eigenvalue weighted by Gasteiger charge is -2.13. The molecule has 0 aromatic heterocycles. The number of aliphatic carboxylic acids is 1. The van der Waals surface area contributed by atoms with Gasteiger partial charge in [-0.1, -0.05) is 0 Å². The van der Waals surface area contributed by atoms with Crippen LogP contribution in [0.5, 0.6) is 11.5 Å². The second-order valence-corrected chi connectivity index (χ2v) is 5.22. The van der Waals surface area contributed by atoms with Gasteiger partial charge in [0.05, 0.1) is 12.8 Å². The number of ether oxygens (including phenoxy) is 2. The van der Waals surface area contributed by atoms with Crippen LogP contribution in [0.4, 0.5) is 14.5 Å². The number of halogens is 2. The minimum Gasteiger partial charge on any atom is -0.497 e. The monoisotopic (exact) mass is 311 g/mol. The van der Waals surface area contributed by atoms with Crippen LogP contribution in [0.15, 0.2) is 18.2 Å². The van der Waals surface area contributed by atoms with Crippen molar-refractivity contribution < 1.29 is 36.6 Å². The van der Waals surface area contributed by atoms with Crippen molar-refractivity contribution in [2.24, 2.45) is 0 Å². The molecule has 0 aliphatic carbocycles. The van der Waals surface area contributed by atoms with Gasteiger partial charge in [0.2, 0.25) is 10.0 Å². The van der Waals surface area contributed by atoms with E-state index in [1.807, 2.05) is 4.72 Å². The van der Waals surface area contributed by atoms with Crippen LogP contribution in [-0.4, -0.2) is 39.0 Å². The number of hydrogen-bond donors (Lipinski definition) is 2. The molecule has 0 bridgehead atoms. The van der Waals surface area contributed by atoms with E-state index in [1.54, 1.807) is 0 Å². The van der Waals surface area contributed by atoms with Gasteiger partial charge in [-0.3, -0.25) is 9.52 Å². The van der Waals surface area contributed by atoms with Gasteiger partial charge in [-0.2, -0.15) is 8.78 Å². The number of alkyl halides is 2. The molecule has 2 N–H and O–H groups in total. The van der Waals surface area contributed by atoms with Crippen LogP contribution >= 0.6 is 0 Å². The van der Waals surface area contributed by atoms with Crippen molar-refractivity contribution in [3.05, 3.63) is 18.2 Å².